The van der Waals surface area contributed by atoms with E-state index < -0.39 is 0 Å². The van der Waals surface area contributed by atoms with Gasteiger partial charge in [-0.15, -0.1) is 11.3 Å². The molecule has 0 unspecified atom stereocenters. The molecule has 3 nitrogen and oxygen atoms in total. The molecule has 0 aliphatic carbocycles. The van der Waals surface area contributed by atoms with Crippen molar-refractivity contribution in [3.8, 4) is 5.75 Å². The van der Waals surface area contributed by atoms with Gasteiger partial charge in [-0.2, -0.15) is 0 Å². The molecule has 0 saturated heterocycles. The lowest BCUT2D eigenvalue weighted by atomic mass is 10.2. The van der Waals surface area contributed by atoms with Gasteiger partial charge in [-0.1, -0.05) is 11.6 Å². The van der Waals surface area contributed by atoms with E-state index in [-0.39, 0.29) is 0 Å². The molecular formula is C11H7ClN2OS. The van der Waals surface area contributed by atoms with Crippen LogP contribution in [0.2, 0.25) is 5.15 Å². The van der Waals surface area contributed by atoms with Gasteiger partial charge in [-0.25, -0.2) is 9.97 Å². The molecule has 0 spiro atoms. The molecule has 0 N–H and O–H groups in total. The highest BCUT2D eigenvalue weighted by Gasteiger charge is 2.10. The lowest BCUT2D eigenvalue weighted by Gasteiger charge is -1.98. The summed E-state index contributed by atoms with van der Waals surface area (Å²) >= 11 is 7.63. The number of fused-ring (bicyclic) bond motifs is 3. The van der Waals surface area contributed by atoms with Crippen molar-refractivity contribution in [1.29, 1.82) is 0 Å². The summed E-state index contributed by atoms with van der Waals surface area (Å²) in [5.74, 6) is 0.821. The van der Waals surface area contributed by atoms with Crippen molar-refractivity contribution in [2.75, 3.05) is 7.11 Å². The molecule has 3 aromatic rings. The minimum atomic E-state index is 0.505. The van der Waals surface area contributed by atoms with Crippen LogP contribution < -0.4 is 4.74 Å². The van der Waals surface area contributed by atoms with Gasteiger partial charge in [0.05, 0.1) is 17.3 Å². The molecule has 16 heavy (non-hydrogen) atoms. The van der Waals surface area contributed by atoms with E-state index in [9.17, 15) is 0 Å². The van der Waals surface area contributed by atoms with Crippen molar-refractivity contribution in [2.45, 2.75) is 0 Å². The summed E-state index contributed by atoms with van der Waals surface area (Å²) in [5, 5.41) is 1.56. The molecule has 0 radical (unpaired) electrons. The fourth-order valence-electron chi connectivity index (χ4n) is 1.65. The minimum Gasteiger partial charge on any atom is -0.497 e. The van der Waals surface area contributed by atoms with E-state index in [4.69, 9.17) is 16.3 Å². The Labute approximate surface area is 101 Å². The fourth-order valence-corrected chi connectivity index (χ4v) is 2.92. The van der Waals surface area contributed by atoms with Gasteiger partial charge in [0.25, 0.3) is 0 Å². The van der Waals surface area contributed by atoms with E-state index in [0.29, 0.717) is 5.15 Å². The van der Waals surface area contributed by atoms with Gasteiger partial charge in [0.15, 0.2) is 0 Å². The van der Waals surface area contributed by atoms with Crippen molar-refractivity contribution in [3.05, 3.63) is 29.7 Å². The molecule has 2 aromatic heterocycles. The van der Waals surface area contributed by atoms with E-state index in [1.165, 1.54) is 6.33 Å². The van der Waals surface area contributed by atoms with Gasteiger partial charge in [-0.05, 0) is 18.2 Å². The van der Waals surface area contributed by atoms with Crippen LogP contribution in [0.25, 0.3) is 20.3 Å². The first-order valence-electron chi connectivity index (χ1n) is 4.66. The van der Waals surface area contributed by atoms with Crippen molar-refractivity contribution < 1.29 is 4.74 Å². The number of thiophene rings is 1. The molecule has 0 bridgehead atoms. The largest absolute Gasteiger partial charge is 0.497 e. The van der Waals surface area contributed by atoms with Crippen LogP contribution in [-0.4, -0.2) is 17.1 Å². The van der Waals surface area contributed by atoms with Crippen LogP contribution in [0, 0.1) is 0 Å². The summed E-state index contributed by atoms with van der Waals surface area (Å²) in [7, 11) is 1.65. The van der Waals surface area contributed by atoms with Crippen LogP contribution in [0.5, 0.6) is 5.75 Å². The number of halogens is 1. The Balaban J connectivity index is 2.47. The predicted molar refractivity (Wildman–Crippen MR) is 66.5 cm³/mol. The first-order chi connectivity index (χ1) is 7.79. The smallest absolute Gasteiger partial charge is 0.150 e. The van der Waals surface area contributed by atoms with Gasteiger partial charge in [0.2, 0.25) is 0 Å². The standard InChI is InChI=1S/C11H7ClN2OS/c1-15-6-2-3-8-7(4-6)9-10(16-8)11(12)14-5-13-9/h2-5H,1H3. The quantitative estimate of drug-likeness (QED) is 0.620. The molecular weight excluding hydrogens is 244 g/mol. The Bertz CT molecular complexity index is 680. The second-order valence-corrected chi connectivity index (χ2v) is 4.72. The molecule has 5 heteroatoms. The lowest BCUT2D eigenvalue weighted by molar-refractivity contribution is 0.415. The molecule has 0 amide bonds. The van der Waals surface area contributed by atoms with E-state index in [1.807, 2.05) is 18.2 Å². The molecule has 0 atom stereocenters. The van der Waals surface area contributed by atoms with Crippen LogP contribution in [0.1, 0.15) is 0 Å². The van der Waals surface area contributed by atoms with Gasteiger partial charge < -0.3 is 4.74 Å². The Kier molecular flexibility index (Phi) is 2.19. The summed E-state index contributed by atoms with van der Waals surface area (Å²) in [6, 6.07) is 5.91. The maximum absolute atomic E-state index is 6.03. The first-order valence-corrected chi connectivity index (χ1v) is 5.86. The average molecular weight is 251 g/mol. The molecule has 3 rings (SSSR count). The van der Waals surface area contributed by atoms with Gasteiger partial charge in [0, 0.05) is 10.1 Å². The van der Waals surface area contributed by atoms with Crippen LogP contribution >= 0.6 is 22.9 Å². The third-order valence-electron chi connectivity index (χ3n) is 2.41. The highest BCUT2D eigenvalue weighted by Crippen LogP contribution is 2.36. The van der Waals surface area contributed by atoms with Crippen LogP contribution in [0.15, 0.2) is 24.5 Å². The molecule has 0 aliphatic heterocycles. The normalized spacial score (nSPS) is 11.1. The maximum atomic E-state index is 6.03. The Morgan fingerprint density at radius 2 is 2.19 bits per heavy atom. The van der Waals surface area contributed by atoms with Crippen LogP contribution in [0.4, 0.5) is 0 Å². The van der Waals surface area contributed by atoms with Crippen LogP contribution in [0.3, 0.4) is 0 Å². The number of benzene rings is 1. The van der Waals surface area contributed by atoms with E-state index in [2.05, 4.69) is 9.97 Å². The summed E-state index contributed by atoms with van der Waals surface area (Å²) in [6.07, 6.45) is 1.48. The molecule has 0 aliphatic rings. The van der Waals surface area contributed by atoms with Gasteiger partial charge in [-0.3, -0.25) is 0 Å². The number of nitrogens with zero attached hydrogens (tertiary/aromatic N) is 2. The Morgan fingerprint density at radius 3 is 3.00 bits per heavy atom. The second-order valence-electron chi connectivity index (χ2n) is 3.31. The Morgan fingerprint density at radius 1 is 1.31 bits per heavy atom. The Hall–Kier alpha value is -1.39. The monoisotopic (exact) mass is 250 g/mol. The van der Waals surface area contributed by atoms with E-state index >= 15 is 0 Å². The molecule has 2 heterocycles. The third-order valence-corrected chi connectivity index (χ3v) is 3.98. The highest BCUT2D eigenvalue weighted by atomic mass is 35.5. The zero-order valence-electron chi connectivity index (χ0n) is 8.40. The summed E-state index contributed by atoms with van der Waals surface area (Å²) in [5.41, 5.74) is 0.888. The second kappa shape index (κ2) is 3.57. The lowest BCUT2D eigenvalue weighted by Crippen LogP contribution is -1.82. The predicted octanol–water partition coefficient (Wildman–Crippen LogP) is 3.51. The maximum Gasteiger partial charge on any atom is 0.150 e. The van der Waals surface area contributed by atoms with E-state index in [1.54, 1.807) is 18.4 Å². The van der Waals surface area contributed by atoms with E-state index in [0.717, 1.165) is 26.1 Å². The zero-order chi connectivity index (χ0) is 11.1. The number of rotatable bonds is 1. The van der Waals surface area contributed by atoms with Gasteiger partial charge >= 0.3 is 0 Å². The number of hydrogen-bond donors (Lipinski definition) is 0. The minimum absolute atomic E-state index is 0.505. The summed E-state index contributed by atoms with van der Waals surface area (Å²) in [4.78, 5) is 8.24. The van der Waals surface area contributed by atoms with Crippen molar-refractivity contribution >= 4 is 43.2 Å². The number of ether oxygens (including phenoxy) is 1. The molecule has 80 valence electrons. The van der Waals surface area contributed by atoms with Crippen LogP contribution in [-0.2, 0) is 0 Å². The zero-order valence-corrected chi connectivity index (χ0v) is 9.97. The number of hydrogen-bond acceptors (Lipinski definition) is 4. The molecule has 0 fully saturated rings. The molecule has 0 saturated carbocycles. The summed E-state index contributed by atoms with van der Waals surface area (Å²) < 4.78 is 7.26. The molecule has 1 aromatic carbocycles. The number of aromatic nitrogens is 2. The average Bonchev–Trinajstić information content (AvgIpc) is 2.68. The van der Waals surface area contributed by atoms with Crippen molar-refractivity contribution in [3.63, 3.8) is 0 Å². The van der Waals surface area contributed by atoms with Gasteiger partial charge in [0.1, 0.15) is 17.2 Å². The highest BCUT2D eigenvalue weighted by molar-refractivity contribution is 7.26. The third kappa shape index (κ3) is 1.34. The number of methoxy groups -OCH3 is 1. The van der Waals surface area contributed by atoms with Crippen molar-refractivity contribution in [1.82, 2.24) is 9.97 Å². The SMILES string of the molecule is COc1ccc2sc3c(Cl)ncnc3c2c1. The summed E-state index contributed by atoms with van der Waals surface area (Å²) in [6.45, 7) is 0. The fraction of sp³-hybridized carbons (Fsp3) is 0.0909. The van der Waals surface area contributed by atoms with Crippen molar-refractivity contribution in [2.24, 2.45) is 0 Å². The topological polar surface area (TPSA) is 35.0 Å². The first kappa shape index (κ1) is 9.81.